The Labute approximate surface area is 128 Å². The zero-order chi connectivity index (χ0) is 14.4. The number of quaternary nitrogens is 1. The van der Waals surface area contributed by atoms with Crippen LogP contribution < -0.4 is 16.8 Å². The van der Waals surface area contributed by atoms with Crippen molar-refractivity contribution < 1.29 is 4.48 Å². The second kappa shape index (κ2) is 7.18. The fraction of sp³-hybridized carbons (Fsp3) is 0.643. The number of hydrogen-bond acceptors (Lipinski definition) is 4. The summed E-state index contributed by atoms with van der Waals surface area (Å²) in [5, 5.41) is 5.96. The van der Waals surface area contributed by atoms with Gasteiger partial charge in [-0.25, -0.2) is 0 Å². The normalized spacial score (nSPS) is 17.9. The predicted octanol–water partition coefficient (Wildman–Crippen LogP) is 1.44. The number of rotatable bonds is 7. The van der Waals surface area contributed by atoms with Crippen LogP contribution in [0.5, 0.6) is 0 Å². The molecule has 111 valence electrons. The van der Waals surface area contributed by atoms with Crippen LogP contribution in [0.3, 0.4) is 0 Å². The van der Waals surface area contributed by atoms with Crippen molar-refractivity contribution in [1.29, 1.82) is 0 Å². The average Bonchev–Trinajstić information content (AvgIpc) is 2.83. The number of nitrogen functional groups attached to an aromatic ring is 2. The number of nitrogens with two attached hydrogens (primary N) is 2. The molecule has 20 heavy (non-hydrogen) atoms. The van der Waals surface area contributed by atoms with Gasteiger partial charge in [0.1, 0.15) is 0 Å². The van der Waals surface area contributed by atoms with Gasteiger partial charge >= 0.3 is 128 Å². The van der Waals surface area contributed by atoms with E-state index in [1.807, 2.05) is 0 Å². The number of anilines is 3. The summed E-state index contributed by atoms with van der Waals surface area (Å²) in [4.78, 5) is 4.22. The molecule has 1 aromatic heterocycles. The number of nitrogens with zero attached hydrogens (tertiary/aromatic N) is 2. The van der Waals surface area contributed by atoms with E-state index in [1.165, 1.54) is 47.4 Å². The molecule has 0 saturated carbocycles. The molecule has 0 atom stereocenters. The second-order valence-corrected chi connectivity index (χ2v) is 8.62. The van der Waals surface area contributed by atoms with E-state index in [4.69, 9.17) is 11.5 Å². The van der Waals surface area contributed by atoms with Gasteiger partial charge in [-0.1, -0.05) is 0 Å². The van der Waals surface area contributed by atoms with Crippen LogP contribution in [0.15, 0.2) is 12.3 Å². The summed E-state index contributed by atoms with van der Waals surface area (Å²) >= 11 is 0.432. The van der Waals surface area contributed by atoms with Crippen LogP contribution >= 0.6 is 0 Å². The first-order valence-corrected chi connectivity index (χ1v) is 9.96. The fourth-order valence-corrected chi connectivity index (χ4v) is 4.99. The minimum atomic E-state index is 0.432. The maximum atomic E-state index is 5.86. The van der Waals surface area contributed by atoms with Gasteiger partial charge in [-0.15, -0.1) is 0 Å². The van der Waals surface area contributed by atoms with Gasteiger partial charge in [-0.05, 0) is 0 Å². The van der Waals surface area contributed by atoms with Gasteiger partial charge in [-0.3, -0.25) is 0 Å². The number of hydrogen-bond donors (Lipinski definition) is 3. The third-order valence-electron chi connectivity index (χ3n) is 3.94. The molecule has 2 heterocycles. The van der Waals surface area contributed by atoms with Crippen LogP contribution in [0.2, 0.25) is 10.4 Å². The Kier molecular flexibility index (Phi) is 5.55. The topological polar surface area (TPSA) is 77.0 Å². The fourth-order valence-electron chi connectivity index (χ4n) is 2.65. The zero-order valence-corrected chi connectivity index (χ0v) is 14.2. The van der Waals surface area contributed by atoms with E-state index in [0.29, 0.717) is 27.1 Å². The van der Waals surface area contributed by atoms with E-state index >= 15 is 0 Å². The van der Waals surface area contributed by atoms with Gasteiger partial charge in [-0.2, -0.15) is 0 Å². The first-order valence-electron chi connectivity index (χ1n) is 7.31. The van der Waals surface area contributed by atoms with Crippen molar-refractivity contribution in [3.8, 4) is 0 Å². The molecule has 1 aliphatic heterocycles. The van der Waals surface area contributed by atoms with Crippen molar-refractivity contribution in [3.63, 3.8) is 0 Å². The van der Waals surface area contributed by atoms with Gasteiger partial charge < -0.3 is 0 Å². The molecule has 1 radical (unpaired) electrons. The molecular formula is C14H26AsN5+. The summed E-state index contributed by atoms with van der Waals surface area (Å²) in [6.45, 7) is 5.09. The number of likely N-dealkylation sites (tertiary alicyclic amines) is 1. The average molecular weight is 339 g/mol. The van der Waals surface area contributed by atoms with E-state index in [1.54, 1.807) is 12.3 Å². The molecule has 2 rings (SSSR count). The molecular weight excluding hydrogens is 313 g/mol. The summed E-state index contributed by atoms with van der Waals surface area (Å²) in [7, 11) is 2.41. The third-order valence-corrected chi connectivity index (χ3v) is 6.16. The van der Waals surface area contributed by atoms with E-state index in [2.05, 4.69) is 17.3 Å². The molecule has 0 amide bonds. The Hall–Kier alpha value is -0.932. The van der Waals surface area contributed by atoms with Gasteiger partial charge in [0, 0.05) is 0 Å². The molecule has 5 nitrogen and oxygen atoms in total. The molecule has 1 aromatic rings. The Bertz CT molecular complexity index is 432. The molecule has 5 N–H and O–H groups in total. The Morgan fingerprint density at radius 1 is 1.30 bits per heavy atom. The van der Waals surface area contributed by atoms with E-state index in [0.717, 1.165) is 12.4 Å². The predicted molar refractivity (Wildman–Crippen MR) is 86.9 cm³/mol. The van der Waals surface area contributed by atoms with Crippen LogP contribution in [0.1, 0.15) is 12.8 Å². The SMILES string of the molecule is C[N+]1(CC[As]CCNc2ncc(N)cc2N)CCCC1. The van der Waals surface area contributed by atoms with Gasteiger partial charge in [0.05, 0.1) is 0 Å². The van der Waals surface area contributed by atoms with E-state index in [9.17, 15) is 0 Å². The molecule has 0 spiro atoms. The third kappa shape index (κ3) is 4.57. The minimum absolute atomic E-state index is 0.432. The van der Waals surface area contributed by atoms with Gasteiger partial charge in [0.25, 0.3) is 0 Å². The summed E-state index contributed by atoms with van der Waals surface area (Å²) in [5.41, 5.74) is 12.7. The summed E-state index contributed by atoms with van der Waals surface area (Å²) in [6, 6.07) is 1.75. The molecule has 0 aromatic carbocycles. The van der Waals surface area contributed by atoms with Crippen molar-refractivity contribution in [2.45, 2.75) is 23.3 Å². The standard InChI is InChI=1S/C14H26AsN5/c1-20(7-2-3-8-20)9-5-15-4-6-18-14-13(17)10-12(16)11-19-14/h10-11H,2-9,16-17H2,1H3,(H,18,19)/q+1. The molecule has 0 aliphatic carbocycles. The van der Waals surface area contributed by atoms with E-state index in [-0.39, 0.29) is 0 Å². The second-order valence-electron chi connectivity index (χ2n) is 5.80. The van der Waals surface area contributed by atoms with Crippen molar-refractivity contribution in [1.82, 2.24) is 4.98 Å². The zero-order valence-electron chi connectivity index (χ0n) is 12.3. The summed E-state index contributed by atoms with van der Waals surface area (Å²) in [6.07, 6.45) is 4.47. The Balaban J connectivity index is 1.59. The molecule has 6 heteroatoms. The van der Waals surface area contributed by atoms with Crippen LogP contribution in [-0.2, 0) is 0 Å². The van der Waals surface area contributed by atoms with Crippen molar-refractivity contribution in [3.05, 3.63) is 12.3 Å². The molecule has 1 saturated heterocycles. The monoisotopic (exact) mass is 339 g/mol. The first-order chi connectivity index (χ1) is 9.59. The summed E-state index contributed by atoms with van der Waals surface area (Å²) in [5.74, 6) is 0.763. The maximum absolute atomic E-state index is 5.86. The Morgan fingerprint density at radius 3 is 2.75 bits per heavy atom. The molecule has 1 fully saturated rings. The van der Waals surface area contributed by atoms with Gasteiger partial charge in [0.15, 0.2) is 0 Å². The number of pyridine rings is 1. The number of aromatic nitrogens is 1. The van der Waals surface area contributed by atoms with E-state index < -0.39 is 0 Å². The van der Waals surface area contributed by atoms with Crippen molar-refractivity contribution >= 4 is 32.9 Å². The quantitative estimate of drug-likeness (QED) is 0.399. The van der Waals surface area contributed by atoms with Crippen LogP contribution in [0.4, 0.5) is 17.2 Å². The van der Waals surface area contributed by atoms with Crippen LogP contribution in [-0.4, -0.2) is 58.4 Å². The van der Waals surface area contributed by atoms with Gasteiger partial charge in [0.2, 0.25) is 0 Å². The molecule has 1 aliphatic rings. The number of nitrogens with one attached hydrogen (secondary N) is 1. The molecule has 0 bridgehead atoms. The summed E-state index contributed by atoms with van der Waals surface area (Å²) < 4.78 is 1.30. The van der Waals surface area contributed by atoms with Crippen LogP contribution in [0.25, 0.3) is 0 Å². The first kappa shape index (κ1) is 15.5. The Morgan fingerprint density at radius 2 is 2.05 bits per heavy atom. The van der Waals surface area contributed by atoms with Crippen LogP contribution in [0, 0.1) is 0 Å². The van der Waals surface area contributed by atoms with Crippen molar-refractivity contribution in [2.75, 3.05) is 50.0 Å². The van der Waals surface area contributed by atoms with Crippen molar-refractivity contribution in [2.24, 2.45) is 0 Å². The molecule has 0 unspecified atom stereocenters.